The van der Waals surface area contributed by atoms with Crippen molar-refractivity contribution in [2.24, 2.45) is 0 Å². The molecule has 2 rings (SSSR count). The van der Waals surface area contributed by atoms with Crippen LogP contribution in [0.2, 0.25) is 0 Å². The van der Waals surface area contributed by atoms with E-state index in [1.165, 1.54) is 0 Å². The molecule has 5 heteroatoms. The van der Waals surface area contributed by atoms with Crippen molar-refractivity contribution in [1.29, 1.82) is 0 Å². The van der Waals surface area contributed by atoms with E-state index in [9.17, 15) is 0 Å². The number of nitrogens with zero attached hydrogens (tertiary/aromatic N) is 2. The molecule has 90 valence electrons. The van der Waals surface area contributed by atoms with E-state index in [4.69, 9.17) is 9.26 Å². The average Bonchev–Trinajstić information content (AvgIpc) is 2.87. The van der Waals surface area contributed by atoms with Gasteiger partial charge in [0.2, 0.25) is 11.7 Å². The highest BCUT2D eigenvalue weighted by Crippen LogP contribution is 2.21. The van der Waals surface area contributed by atoms with Crippen molar-refractivity contribution in [3.8, 4) is 17.1 Å². The van der Waals surface area contributed by atoms with Crippen LogP contribution < -0.4 is 10.1 Å². The van der Waals surface area contributed by atoms with Gasteiger partial charge in [0.25, 0.3) is 0 Å². The van der Waals surface area contributed by atoms with E-state index in [2.05, 4.69) is 15.5 Å². The van der Waals surface area contributed by atoms with Crippen LogP contribution in [0.1, 0.15) is 18.9 Å². The van der Waals surface area contributed by atoms with Crippen molar-refractivity contribution >= 4 is 0 Å². The number of methoxy groups -OCH3 is 1. The lowest BCUT2D eigenvalue weighted by atomic mass is 10.2. The van der Waals surface area contributed by atoms with Gasteiger partial charge in [-0.25, -0.2) is 0 Å². The first-order chi connectivity index (χ1) is 8.24. The molecule has 1 heterocycles. The normalized spacial score (nSPS) is 12.4. The second kappa shape index (κ2) is 4.97. The van der Waals surface area contributed by atoms with E-state index in [0.29, 0.717) is 11.7 Å². The van der Waals surface area contributed by atoms with Gasteiger partial charge in [0, 0.05) is 5.56 Å². The molecule has 0 fully saturated rings. The van der Waals surface area contributed by atoms with Crippen LogP contribution in [0.4, 0.5) is 0 Å². The van der Waals surface area contributed by atoms with Gasteiger partial charge in [-0.2, -0.15) is 4.98 Å². The van der Waals surface area contributed by atoms with Gasteiger partial charge < -0.3 is 14.6 Å². The Hall–Kier alpha value is -1.88. The molecule has 0 saturated heterocycles. The predicted molar refractivity (Wildman–Crippen MR) is 63.8 cm³/mol. The zero-order valence-electron chi connectivity index (χ0n) is 10.1. The highest BCUT2D eigenvalue weighted by Gasteiger charge is 2.13. The Bertz CT molecular complexity index is 479. The Morgan fingerprint density at radius 1 is 1.29 bits per heavy atom. The first-order valence-corrected chi connectivity index (χ1v) is 5.40. The van der Waals surface area contributed by atoms with Crippen molar-refractivity contribution in [1.82, 2.24) is 15.5 Å². The molecule has 0 aliphatic carbocycles. The van der Waals surface area contributed by atoms with E-state index < -0.39 is 0 Å². The van der Waals surface area contributed by atoms with Gasteiger partial charge in [-0.05, 0) is 38.2 Å². The third kappa shape index (κ3) is 2.45. The van der Waals surface area contributed by atoms with Crippen molar-refractivity contribution < 1.29 is 9.26 Å². The smallest absolute Gasteiger partial charge is 0.243 e. The Kier molecular flexibility index (Phi) is 3.39. The van der Waals surface area contributed by atoms with Crippen LogP contribution in [0.15, 0.2) is 28.8 Å². The number of nitrogens with one attached hydrogen (secondary N) is 1. The molecule has 0 amide bonds. The van der Waals surface area contributed by atoms with Gasteiger partial charge in [0.1, 0.15) is 5.75 Å². The predicted octanol–water partition coefficient (Wildman–Crippen LogP) is 2.03. The number of hydrogen-bond acceptors (Lipinski definition) is 5. The molecule has 2 aromatic rings. The highest BCUT2D eigenvalue weighted by molar-refractivity contribution is 5.55. The van der Waals surface area contributed by atoms with Gasteiger partial charge >= 0.3 is 0 Å². The number of ether oxygens (including phenoxy) is 1. The SMILES string of the molecule is CNC(C)c1nc(-c2ccc(OC)cc2)no1. The van der Waals surface area contributed by atoms with Crippen LogP contribution in [0.25, 0.3) is 11.4 Å². The molecule has 0 aliphatic heterocycles. The molecular weight excluding hydrogens is 218 g/mol. The lowest BCUT2D eigenvalue weighted by Crippen LogP contribution is -2.12. The van der Waals surface area contributed by atoms with Crippen LogP contribution in [-0.4, -0.2) is 24.3 Å². The number of hydrogen-bond donors (Lipinski definition) is 1. The maximum atomic E-state index is 5.17. The topological polar surface area (TPSA) is 60.2 Å². The molecule has 1 unspecified atom stereocenters. The van der Waals surface area contributed by atoms with Crippen molar-refractivity contribution in [2.45, 2.75) is 13.0 Å². The van der Waals surface area contributed by atoms with E-state index in [0.717, 1.165) is 11.3 Å². The molecule has 0 radical (unpaired) electrons. The number of aromatic nitrogens is 2. The van der Waals surface area contributed by atoms with E-state index in [1.54, 1.807) is 7.11 Å². The van der Waals surface area contributed by atoms with Gasteiger partial charge in [-0.15, -0.1) is 0 Å². The second-order valence-corrected chi connectivity index (χ2v) is 3.70. The Labute approximate surface area is 99.8 Å². The zero-order chi connectivity index (χ0) is 12.3. The maximum absolute atomic E-state index is 5.17. The Morgan fingerprint density at radius 2 is 2.00 bits per heavy atom. The minimum atomic E-state index is 0.0505. The maximum Gasteiger partial charge on any atom is 0.243 e. The molecule has 0 saturated carbocycles. The molecule has 0 spiro atoms. The summed E-state index contributed by atoms with van der Waals surface area (Å²) in [4.78, 5) is 4.33. The molecule has 5 nitrogen and oxygen atoms in total. The van der Waals surface area contributed by atoms with Crippen LogP contribution in [0, 0.1) is 0 Å². The summed E-state index contributed by atoms with van der Waals surface area (Å²) in [6.07, 6.45) is 0. The van der Waals surface area contributed by atoms with Gasteiger partial charge in [-0.3, -0.25) is 0 Å². The van der Waals surface area contributed by atoms with Crippen molar-refractivity contribution in [3.63, 3.8) is 0 Å². The number of benzene rings is 1. The van der Waals surface area contributed by atoms with Crippen LogP contribution in [0.3, 0.4) is 0 Å². The van der Waals surface area contributed by atoms with Crippen molar-refractivity contribution in [2.75, 3.05) is 14.2 Å². The average molecular weight is 233 g/mol. The fourth-order valence-corrected chi connectivity index (χ4v) is 1.39. The summed E-state index contributed by atoms with van der Waals surface area (Å²) in [5.74, 6) is 1.98. The van der Waals surface area contributed by atoms with Crippen LogP contribution in [0.5, 0.6) is 5.75 Å². The largest absolute Gasteiger partial charge is 0.497 e. The summed E-state index contributed by atoms with van der Waals surface area (Å²) in [5.41, 5.74) is 0.907. The zero-order valence-corrected chi connectivity index (χ0v) is 10.1. The standard InChI is InChI=1S/C12H15N3O2/c1-8(13-2)12-14-11(15-17-12)9-4-6-10(16-3)7-5-9/h4-8,13H,1-3H3. The summed E-state index contributed by atoms with van der Waals surface area (Å²) in [7, 11) is 3.48. The molecule has 17 heavy (non-hydrogen) atoms. The minimum absolute atomic E-state index is 0.0505. The van der Waals surface area contributed by atoms with Gasteiger partial charge in [0.05, 0.1) is 13.2 Å². The molecule has 1 atom stereocenters. The molecule has 0 aliphatic rings. The van der Waals surface area contributed by atoms with Gasteiger partial charge in [0.15, 0.2) is 0 Å². The molecule has 0 bridgehead atoms. The Morgan fingerprint density at radius 3 is 2.59 bits per heavy atom. The van der Waals surface area contributed by atoms with Crippen LogP contribution >= 0.6 is 0 Å². The first-order valence-electron chi connectivity index (χ1n) is 5.40. The molecule has 1 aromatic heterocycles. The second-order valence-electron chi connectivity index (χ2n) is 3.70. The fourth-order valence-electron chi connectivity index (χ4n) is 1.39. The fraction of sp³-hybridized carbons (Fsp3) is 0.333. The quantitative estimate of drug-likeness (QED) is 0.875. The van der Waals surface area contributed by atoms with E-state index in [-0.39, 0.29) is 6.04 Å². The van der Waals surface area contributed by atoms with Gasteiger partial charge in [-0.1, -0.05) is 5.16 Å². The Balaban J connectivity index is 2.24. The third-order valence-corrected chi connectivity index (χ3v) is 2.59. The van der Waals surface area contributed by atoms with E-state index >= 15 is 0 Å². The summed E-state index contributed by atoms with van der Waals surface area (Å²) < 4.78 is 10.3. The minimum Gasteiger partial charge on any atom is -0.497 e. The monoisotopic (exact) mass is 233 g/mol. The molecular formula is C12H15N3O2. The first kappa shape index (κ1) is 11.6. The summed E-state index contributed by atoms with van der Waals surface area (Å²) in [5, 5.41) is 6.99. The van der Waals surface area contributed by atoms with E-state index in [1.807, 2.05) is 38.2 Å². The summed E-state index contributed by atoms with van der Waals surface area (Å²) >= 11 is 0. The van der Waals surface area contributed by atoms with Crippen molar-refractivity contribution in [3.05, 3.63) is 30.2 Å². The molecule has 1 N–H and O–H groups in total. The summed E-state index contributed by atoms with van der Waals surface area (Å²) in [6, 6.07) is 7.59. The number of rotatable bonds is 4. The lowest BCUT2D eigenvalue weighted by molar-refractivity contribution is 0.347. The third-order valence-electron chi connectivity index (χ3n) is 2.59. The summed E-state index contributed by atoms with van der Waals surface area (Å²) in [6.45, 7) is 1.96. The van der Waals surface area contributed by atoms with Crippen LogP contribution in [-0.2, 0) is 0 Å². The lowest BCUT2D eigenvalue weighted by Gasteiger charge is -2.01. The highest BCUT2D eigenvalue weighted by atomic mass is 16.5. The molecule has 1 aromatic carbocycles.